The highest BCUT2D eigenvalue weighted by Crippen LogP contribution is 2.44. The summed E-state index contributed by atoms with van der Waals surface area (Å²) in [5.74, 6) is -1.71. The van der Waals surface area contributed by atoms with Crippen LogP contribution in [0.4, 0.5) is 4.79 Å². The number of rotatable bonds is 6. The number of amides is 2. The number of carbonyl (C=O) groups is 3. The predicted molar refractivity (Wildman–Crippen MR) is 121 cm³/mol. The number of fused-ring (bicyclic) bond motifs is 3. The molecule has 2 aromatic rings. The van der Waals surface area contributed by atoms with Gasteiger partial charge in [-0.3, -0.25) is 9.59 Å². The smallest absolute Gasteiger partial charge is 0.408 e. The van der Waals surface area contributed by atoms with Gasteiger partial charge in [-0.2, -0.15) is 0 Å². The third-order valence-corrected chi connectivity index (χ3v) is 5.64. The molecule has 2 N–H and O–H groups in total. The topological polar surface area (TPSA) is 95.9 Å². The van der Waals surface area contributed by atoms with E-state index in [2.05, 4.69) is 17.4 Å². The molecule has 3 rings (SSSR count). The molecule has 0 aliphatic heterocycles. The van der Waals surface area contributed by atoms with Crippen molar-refractivity contribution in [1.29, 1.82) is 0 Å². The molecule has 2 amide bonds. The van der Waals surface area contributed by atoms with E-state index < -0.39 is 35.6 Å². The van der Waals surface area contributed by atoms with Gasteiger partial charge in [0, 0.05) is 11.5 Å². The second-order valence-corrected chi connectivity index (χ2v) is 9.53. The van der Waals surface area contributed by atoms with Gasteiger partial charge < -0.3 is 20.1 Å². The van der Waals surface area contributed by atoms with Crippen molar-refractivity contribution in [3.8, 4) is 11.1 Å². The number of nitrogens with zero attached hydrogens (tertiary/aromatic N) is 1. The standard InChI is InChI=1S/C25H30N2O5/c1-24(2,3)27(14-21(28)29)22(30)25(4,5)26-23(31)32-15-20-18-12-8-6-10-16(18)17-11-7-9-13-19(17)20/h6-13,20H,14-15H2,1-5H3,(H,26,31)(H,28,29). The predicted octanol–water partition coefficient (Wildman–Crippen LogP) is 4.02. The van der Waals surface area contributed by atoms with Crippen LogP contribution < -0.4 is 5.32 Å². The number of aliphatic carboxylic acids is 1. The van der Waals surface area contributed by atoms with Gasteiger partial charge in [0.25, 0.3) is 0 Å². The summed E-state index contributed by atoms with van der Waals surface area (Å²) in [5.41, 5.74) is 2.37. The molecule has 0 aromatic heterocycles. The van der Waals surface area contributed by atoms with E-state index in [1.807, 2.05) is 36.4 Å². The van der Waals surface area contributed by atoms with Crippen LogP contribution >= 0.6 is 0 Å². The molecule has 170 valence electrons. The highest BCUT2D eigenvalue weighted by Gasteiger charge is 2.39. The van der Waals surface area contributed by atoms with E-state index in [0.717, 1.165) is 22.3 Å². The summed E-state index contributed by atoms with van der Waals surface area (Å²) in [7, 11) is 0. The van der Waals surface area contributed by atoms with Crippen molar-refractivity contribution in [2.45, 2.75) is 51.6 Å². The monoisotopic (exact) mass is 438 g/mol. The van der Waals surface area contributed by atoms with Crippen LogP contribution in [0.3, 0.4) is 0 Å². The average molecular weight is 439 g/mol. The van der Waals surface area contributed by atoms with Gasteiger partial charge in [-0.05, 0) is 56.9 Å². The normalized spacial score (nSPS) is 13.2. The first-order valence-corrected chi connectivity index (χ1v) is 10.6. The summed E-state index contributed by atoms with van der Waals surface area (Å²) in [6.07, 6.45) is -0.727. The molecule has 0 bridgehead atoms. The Morgan fingerprint density at radius 2 is 1.44 bits per heavy atom. The second-order valence-electron chi connectivity index (χ2n) is 9.53. The lowest BCUT2D eigenvalue weighted by Gasteiger charge is -2.39. The van der Waals surface area contributed by atoms with Gasteiger partial charge in [-0.15, -0.1) is 0 Å². The molecule has 1 aliphatic rings. The molecule has 2 aromatic carbocycles. The van der Waals surface area contributed by atoms with Gasteiger partial charge in [-0.1, -0.05) is 48.5 Å². The van der Waals surface area contributed by atoms with Crippen molar-refractivity contribution < 1.29 is 24.2 Å². The molecule has 0 atom stereocenters. The Bertz CT molecular complexity index is 993. The Morgan fingerprint density at radius 1 is 0.938 bits per heavy atom. The Hall–Kier alpha value is -3.35. The van der Waals surface area contributed by atoms with Gasteiger partial charge in [0.2, 0.25) is 5.91 Å². The summed E-state index contributed by atoms with van der Waals surface area (Å²) in [4.78, 5) is 38.2. The lowest BCUT2D eigenvalue weighted by atomic mass is 9.97. The molecule has 0 saturated carbocycles. The third kappa shape index (κ3) is 4.77. The number of carboxylic acid groups (broad SMARTS) is 1. The van der Waals surface area contributed by atoms with Gasteiger partial charge >= 0.3 is 12.1 Å². The van der Waals surface area contributed by atoms with Crippen LogP contribution in [0.15, 0.2) is 48.5 Å². The molecule has 7 nitrogen and oxygen atoms in total. The van der Waals surface area contributed by atoms with Crippen molar-refractivity contribution in [3.05, 3.63) is 59.7 Å². The Morgan fingerprint density at radius 3 is 1.91 bits per heavy atom. The minimum atomic E-state index is -1.34. The Balaban J connectivity index is 1.70. The van der Waals surface area contributed by atoms with E-state index in [0.29, 0.717) is 0 Å². The third-order valence-electron chi connectivity index (χ3n) is 5.64. The molecular weight excluding hydrogens is 408 g/mol. The highest BCUT2D eigenvalue weighted by atomic mass is 16.5. The lowest BCUT2D eigenvalue weighted by Crippen LogP contribution is -2.61. The van der Waals surface area contributed by atoms with Crippen LogP contribution in [0.25, 0.3) is 11.1 Å². The van der Waals surface area contributed by atoms with E-state index in [1.54, 1.807) is 20.8 Å². The first-order valence-electron chi connectivity index (χ1n) is 10.6. The number of alkyl carbamates (subject to hydrolysis) is 1. The molecule has 0 heterocycles. The Kier molecular flexibility index (Phi) is 6.30. The molecule has 0 fully saturated rings. The second kappa shape index (κ2) is 8.65. The van der Waals surface area contributed by atoms with Crippen LogP contribution in [0.1, 0.15) is 51.7 Å². The van der Waals surface area contributed by atoms with E-state index in [-0.39, 0.29) is 12.5 Å². The van der Waals surface area contributed by atoms with Crippen LogP contribution in [0, 0.1) is 0 Å². The molecule has 1 aliphatic carbocycles. The van der Waals surface area contributed by atoms with Crippen LogP contribution in [0.5, 0.6) is 0 Å². The molecule has 7 heteroatoms. The summed E-state index contributed by atoms with van der Waals surface area (Å²) < 4.78 is 5.54. The maximum Gasteiger partial charge on any atom is 0.408 e. The molecule has 0 radical (unpaired) electrons. The quantitative estimate of drug-likeness (QED) is 0.710. The largest absolute Gasteiger partial charge is 0.480 e. The van der Waals surface area contributed by atoms with Crippen LogP contribution in [0.2, 0.25) is 0 Å². The molecule has 0 unspecified atom stereocenters. The molecule has 0 saturated heterocycles. The number of hydrogen-bond acceptors (Lipinski definition) is 4. The summed E-state index contributed by atoms with van der Waals surface area (Å²) in [5, 5.41) is 11.8. The van der Waals surface area contributed by atoms with Gasteiger partial charge in [0.15, 0.2) is 0 Å². The summed E-state index contributed by atoms with van der Waals surface area (Å²) >= 11 is 0. The first kappa shape index (κ1) is 23.3. The van der Waals surface area contributed by atoms with Crippen molar-refractivity contribution in [3.63, 3.8) is 0 Å². The zero-order valence-corrected chi connectivity index (χ0v) is 19.1. The lowest BCUT2D eigenvalue weighted by molar-refractivity contribution is -0.151. The Labute approximate surface area is 188 Å². The van der Waals surface area contributed by atoms with Gasteiger partial charge in [-0.25, -0.2) is 4.79 Å². The number of nitrogens with one attached hydrogen (secondary N) is 1. The minimum Gasteiger partial charge on any atom is -0.480 e. The average Bonchev–Trinajstić information content (AvgIpc) is 3.02. The maximum atomic E-state index is 13.1. The molecule has 32 heavy (non-hydrogen) atoms. The number of carbonyl (C=O) groups excluding carboxylic acids is 2. The van der Waals surface area contributed by atoms with Crippen molar-refractivity contribution in [1.82, 2.24) is 10.2 Å². The highest BCUT2D eigenvalue weighted by molar-refractivity contribution is 5.91. The zero-order chi connectivity index (χ0) is 23.7. The number of carboxylic acids is 1. The fourth-order valence-corrected chi connectivity index (χ4v) is 4.03. The van der Waals surface area contributed by atoms with Crippen molar-refractivity contribution >= 4 is 18.0 Å². The van der Waals surface area contributed by atoms with Crippen LogP contribution in [-0.4, -0.2) is 52.2 Å². The fraction of sp³-hybridized carbons (Fsp3) is 0.400. The maximum absolute atomic E-state index is 13.1. The van der Waals surface area contributed by atoms with E-state index in [4.69, 9.17) is 4.74 Å². The van der Waals surface area contributed by atoms with Crippen molar-refractivity contribution in [2.75, 3.05) is 13.2 Å². The van der Waals surface area contributed by atoms with E-state index in [9.17, 15) is 19.5 Å². The molecular formula is C25H30N2O5. The van der Waals surface area contributed by atoms with Gasteiger partial charge in [0.1, 0.15) is 18.7 Å². The number of benzene rings is 2. The van der Waals surface area contributed by atoms with Crippen LogP contribution in [-0.2, 0) is 14.3 Å². The minimum absolute atomic E-state index is 0.0925. The van der Waals surface area contributed by atoms with E-state index in [1.165, 1.54) is 18.7 Å². The van der Waals surface area contributed by atoms with E-state index >= 15 is 0 Å². The SMILES string of the molecule is CC(C)(NC(=O)OCC1c2ccccc2-c2ccccc21)C(=O)N(CC(=O)O)C(C)(C)C. The first-order chi connectivity index (χ1) is 14.9. The fourth-order valence-electron chi connectivity index (χ4n) is 4.03. The van der Waals surface area contributed by atoms with Crippen molar-refractivity contribution in [2.24, 2.45) is 0 Å². The zero-order valence-electron chi connectivity index (χ0n) is 19.1. The molecule has 0 spiro atoms. The number of hydrogen-bond donors (Lipinski definition) is 2. The summed E-state index contributed by atoms with van der Waals surface area (Å²) in [6, 6.07) is 16.1. The summed E-state index contributed by atoms with van der Waals surface area (Å²) in [6.45, 7) is 7.99. The number of ether oxygens (including phenoxy) is 1. The van der Waals surface area contributed by atoms with Gasteiger partial charge in [0.05, 0.1) is 0 Å².